The molecule has 2 aliphatic heterocycles. The van der Waals surface area contributed by atoms with Crippen molar-refractivity contribution in [1.29, 1.82) is 0 Å². The maximum Gasteiger partial charge on any atom is 0.412 e. The van der Waals surface area contributed by atoms with Crippen LogP contribution >= 0.6 is 0 Å². The lowest BCUT2D eigenvalue weighted by Gasteiger charge is -2.55. The Hall–Kier alpha value is -5.05. The van der Waals surface area contributed by atoms with Crippen LogP contribution in [0.2, 0.25) is 0 Å². The molecule has 5 amide bonds. The number of nitrogens with zero attached hydrogens (tertiary/aromatic N) is 4. The van der Waals surface area contributed by atoms with Gasteiger partial charge in [0, 0.05) is 37.7 Å². The molecule has 3 aromatic rings. The van der Waals surface area contributed by atoms with Gasteiger partial charge in [-0.05, 0) is 29.3 Å². The summed E-state index contributed by atoms with van der Waals surface area (Å²) < 4.78 is 34.0. The normalized spacial score (nSPS) is 17.5. The molecule has 3 N–H and O–H groups in total. The van der Waals surface area contributed by atoms with Crippen LogP contribution in [0.25, 0.3) is 0 Å². The largest absolute Gasteiger partial charge is 1.00 e. The summed E-state index contributed by atoms with van der Waals surface area (Å²) in [5.41, 5.74) is 1.61. The number of halogens is 3. The molecule has 51 heavy (non-hydrogen) atoms. The Morgan fingerprint density at radius 1 is 1.00 bits per heavy atom. The number of fused-ring (bicyclic) bond motifs is 1. The number of quaternary nitrogens is 1. The number of ether oxygens (including phenoxy) is 1. The summed E-state index contributed by atoms with van der Waals surface area (Å²) >= 11 is 0. The first-order valence-corrected chi connectivity index (χ1v) is 16.4. The minimum atomic E-state index is -1.07. The van der Waals surface area contributed by atoms with Crippen molar-refractivity contribution in [2.24, 2.45) is 0 Å². The van der Waals surface area contributed by atoms with Crippen molar-refractivity contribution in [2.45, 2.75) is 31.7 Å². The zero-order valence-electron chi connectivity index (χ0n) is 28.5. The molecular formula is C36H42ClF2N7O5. The van der Waals surface area contributed by atoms with Crippen molar-refractivity contribution in [3.8, 4) is 5.75 Å². The fourth-order valence-corrected chi connectivity index (χ4v) is 6.03. The van der Waals surface area contributed by atoms with Crippen molar-refractivity contribution in [3.05, 3.63) is 114 Å². The van der Waals surface area contributed by atoms with E-state index in [2.05, 4.69) is 17.2 Å². The van der Waals surface area contributed by atoms with Crippen molar-refractivity contribution in [2.75, 3.05) is 46.8 Å². The van der Waals surface area contributed by atoms with Crippen LogP contribution in [0.1, 0.15) is 16.7 Å². The smallest absolute Gasteiger partial charge is 0.412 e. The molecule has 0 spiro atoms. The molecule has 3 aromatic carbocycles. The zero-order chi connectivity index (χ0) is 35.8. The van der Waals surface area contributed by atoms with Gasteiger partial charge in [-0.1, -0.05) is 54.6 Å². The predicted molar refractivity (Wildman–Crippen MR) is 180 cm³/mol. The van der Waals surface area contributed by atoms with Crippen LogP contribution in [-0.4, -0.2) is 103 Å². The number of rotatable bonds is 12. The first-order valence-electron chi connectivity index (χ1n) is 16.4. The number of hydrogen-bond donors (Lipinski definition) is 3. The number of nitrogens with one attached hydrogen (secondary N) is 3. The summed E-state index contributed by atoms with van der Waals surface area (Å²) in [6.45, 7) is 4.83. The van der Waals surface area contributed by atoms with Gasteiger partial charge in [0.05, 0.1) is 40.3 Å². The number of piperazine rings is 1. The van der Waals surface area contributed by atoms with Crippen LogP contribution in [-0.2, 0) is 29.1 Å². The van der Waals surface area contributed by atoms with E-state index in [0.717, 1.165) is 24.2 Å². The Morgan fingerprint density at radius 2 is 1.73 bits per heavy atom. The van der Waals surface area contributed by atoms with Crippen LogP contribution in [0.15, 0.2) is 85.5 Å². The van der Waals surface area contributed by atoms with Gasteiger partial charge in [-0.15, -0.1) is 6.58 Å². The number of carbonyl (C=O) groups excluding carboxylic acids is 4. The maximum atomic E-state index is 14.9. The third-order valence-corrected chi connectivity index (χ3v) is 8.50. The quantitative estimate of drug-likeness (QED) is 0.205. The monoisotopic (exact) mass is 725 g/mol. The molecule has 12 nitrogen and oxygen atoms in total. The van der Waals surface area contributed by atoms with Gasteiger partial charge in [0.2, 0.25) is 11.8 Å². The maximum absolute atomic E-state index is 14.9. The topological polar surface area (TPSA) is 119 Å². The van der Waals surface area contributed by atoms with Gasteiger partial charge in [0.1, 0.15) is 29.6 Å². The minimum Gasteiger partial charge on any atom is -1.00 e. The fourth-order valence-electron chi connectivity index (χ4n) is 6.03. The van der Waals surface area contributed by atoms with Gasteiger partial charge >= 0.3 is 12.1 Å². The van der Waals surface area contributed by atoms with E-state index in [1.807, 2.05) is 44.4 Å². The highest BCUT2D eigenvalue weighted by molar-refractivity contribution is 5.91. The Balaban J connectivity index is 0.00000583. The van der Waals surface area contributed by atoms with E-state index in [0.29, 0.717) is 17.9 Å². The molecular weight excluding hydrogens is 684 g/mol. The molecule has 0 aliphatic carbocycles. The summed E-state index contributed by atoms with van der Waals surface area (Å²) in [5.74, 6) is -2.10. The standard InChI is InChI=1S/C36H41F2N7O5.ClH/c1-4-17-43-24-33(46)44-31(19-25-10-14-29(15-11-25)50-36(49)39-16-18-41(2)3)34(47)42(22-27-12-13-28(37)20-30(27)38)23-32(44)45(43)35(48)40-21-26-8-6-5-7-9-26;/h4-15,20,31-32H,1,16-19,21-24H2,2-3H3,(H,39,49)(H,40,48);1H/t31-,32-;/m0./s1. The van der Waals surface area contributed by atoms with Gasteiger partial charge in [-0.3, -0.25) is 9.59 Å². The first kappa shape index (κ1) is 38.7. The second-order valence-corrected chi connectivity index (χ2v) is 12.5. The summed E-state index contributed by atoms with van der Waals surface area (Å²) in [5, 5.41) is 8.60. The SMILES string of the molecule is C=CCN1CC(=O)N2[C@@H](Cc3ccc(OC(=O)NCC[NH+](C)C)cc3)C(=O)N(Cc3ccc(F)cc3F)C[C@@H]2N1C(=O)NCc1ccccc1.[Cl-]. The molecule has 2 saturated heterocycles. The van der Waals surface area contributed by atoms with Crippen LogP contribution in [0.4, 0.5) is 18.4 Å². The number of hydrazine groups is 1. The van der Waals surface area contributed by atoms with E-state index in [4.69, 9.17) is 4.74 Å². The minimum absolute atomic E-state index is 0. The highest BCUT2D eigenvalue weighted by Gasteiger charge is 2.51. The van der Waals surface area contributed by atoms with E-state index in [1.54, 1.807) is 35.4 Å². The molecule has 0 bridgehead atoms. The predicted octanol–water partition coefficient (Wildman–Crippen LogP) is -1.06. The Labute approximate surface area is 302 Å². The molecule has 0 radical (unpaired) electrons. The summed E-state index contributed by atoms with van der Waals surface area (Å²) in [6.07, 6.45) is 0.0859. The van der Waals surface area contributed by atoms with Gasteiger partial charge in [0.25, 0.3) is 0 Å². The summed E-state index contributed by atoms with van der Waals surface area (Å²) in [4.78, 5) is 58.1. The summed E-state index contributed by atoms with van der Waals surface area (Å²) in [7, 11) is 3.94. The number of likely N-dealkylation sites (N-methyl/N-ethyl adjacent to an activating group) is 1. The molecule has 5 rings (SSSR count). The molecule has 2 aliphatic rings. The van der Waals surface area contributed by atoms with Crippen molar-refractivity contribution in [1.82, 2.24) is 30.5 Å². The zero-order valence-corrected chi connectivity index (χ0v) is 29.2. The van der Waals surface area contributed by atoms with E-state index < -0.39 is 41.9 Å². The second kappa shape index (κ2) is 17.7. The molecule has 2 heterocycles. The average molecular weight is 726 g/mol. The van der Waals surface area contributed by atoms with Crippen molar-refractivity contribution >= 4 is 23.9 Å². The van der Waals surface area contributed by atoms with Crippen LogP contribution in [0, 0.1) is 11.6 Å². The molecule has 0 saturated carbocycles. The lowest BCUT2D eigenvalue weighted by atomic mass is 9.98. The third-order valence-electron chi connectivity index (χ3n) is 8.50. The number of amides is 5. The highest BCUT2D eigenvalue weighted by atomic mass is 35.5. The van der Waals surface area contributed by atoms with Gasteiger partial charge in [0.15, 0.2) is 0 Å². The average Bonchev–Trinajstić information content (AvgIpc) is 3.08. The fraction of sp³-hybridized carbons (Fsp3) is 0.333. The third kappa shape index (κ3) is 9.81. The van der Waals surface area contributed by atoms with Gasteiger partial charge in [-0.2, -0.15) is 0 Å². The number of urea groups is 1. The number of carbonyl (C=O) groups is 4. The molecule has 2 fully saturated rings. The molecule has 272 valence electrons. The Bertz CT molecular complexity index is 1700. The second-order valence-electron chi connectivity index (χ2n) is 12.5. The van der Waals surface area contributed by atoms with E-state index in [1.165, 1.54) is 25.8 Å². The lowest BCUT2D eigenvalue weighted by Crippen LogP contribution is -3.06. The van der Waals surface area contributed by atoms with Gasteiger partial charge in [-0.25, -0.2) is 28.4 Å². The van der Waals surface area contributed by atoms with E-state index in [9.17, 15) is 28.0 Å². The Morgan fingerprint density at radius 3 is 2.39 bits per heavy atom. The van der Waals surface area contributed by atoms with Crippen molar-refractivity contribution < 1.29 is 50.0 Å². The number of hydrogen-bond acceptors (Lipinski definition) is 6. The van der Waals surface area contributed by atoms with Gasteiger partial charge < -0.3 is 42.5 Å². The van der Waals surface area contributed by atoms with Crippen LogP contribution in [0.5, 0.6) is 5.75 Å². The Kier molecular flexibility index (Phi) is 13.5. The lowest BCUT2D eigenvalue weighted by molar-refractivity contribution is -0.856. The molecule has 0 unspecified atom stereocenters. The highest BCUT2D eigenvalue weighted by Crippen LogP contribution is 2.30. The van der Waals surface area contributed by atoms with Crippen LogP contribution < -0.4 is 32.7 Å². The summed E-state index contributed by atoms with van der Waals surface area (Å²) in [6, 6.07) is 17.5. The molecule has 15 heteroatoms. The molecule has 2 atom stereocenters. The van der Waals surface area contributed by atoms with Crippen LogP contribution in [0.3, 0.4) is 0 Å². The number of benzene rings is 3. The van der Waals surface area contributed by atoms with E-state index in [-0.39, 0.29) is 63.0 Å². The molecule has 0 aromatic heterocycles. The van der Waals surface area contributed by atoms with Crippen molar-refractivity contribution in [3.63, 3.8) is 0 Å². The van der Waals surface area contributed by atoms with E-state index >= 15 is 0 Å². The first-order chi connectivity index (χ1) is 24.0.